The van der Waals surface area contributed by atoms with E-state index in [1.54, 1.807) is 20.3 Å². The van der Waals surface area contributed by atoms with Gasteiger partial charge >= 0.3 is 5.97 Å². The van der Waals surface area contributed by atoms with Gasteiger partial charge < -0.3 is 14.2 Å². The van der Waals surface area contributed by atoms with Crippen molar-refractivity contribution < 1.29 is 19.0 Å². The van der Waals surface area contributed by atoms with Crippen molar-refractivity contribution in [1.82, 2.24) is 0 Å². The first-order valence-corrected chi connectivity index (χ1v) is 6.18. The third-order valence-corrected chi connectivity index (χ3v) is 3.33. The van der Waals surface area contributed by atoms with Crippen molar-refractivity contribution in [1.29, 1.82) is 0 Å². The lowest BCUT2D eigenvalue weighted by molar-refractivity contribution is 0.0535. The fraction of sp³-hybridized carbons (Fsp3) is 0.188. The van der Waals surface area contributed by atoms with Gasteiger partial charge in [-0.2, -0.15) is 0 Å². The minimum absolute atomic E-state index is 0.276. The molecule has 0 N–H and O–H groups in total. The fourth-order valence-corrected chi connectivity index (χ4v) is 2.33. The topological polar surface area (TPSA) is 44.8 Å². The average Bonchev–Trinajstić information content (AvgIpc) is 2.88. The van der Waals surface area contributed by atoms with Gasteiger partial charge in [0.1, 0.15) is 6.61 Å². The molecule has 101 valence electrons. The van der Waals surface area contributed by atoms with E-state index in [0.717, 1.165) is 16.7 Å². The van der Waals surface area contributed by atoms with Crippen LogP contribution in [0.4, 0.5) is 0 Å². The number of hydrogen-bond acceptors (Lipinski definition) is 4. The lowest BCUT2D eigenvalue weighted by Gasteiger charge is -2.10. The predicted octanol–water partition coefficient (Wildman–Crippen LogP) is 2.84. The smallest absolute Gasteiger partial charge is 0.338 e. The number of benzene rings is 2. The third kappa shape index (κ3) is 1.90. The first-order valence-electron chi connectivity index (χ1n) is 6.18. The molecule has 3 rings (SSSR count). The molecule has 0 spiro atoms. The molecule has 0 saturated carbocycles. The van der Waals surface area contributed by atoms with Gasteiger partial charge in [0.2, 0.25) is 0 Å². The van der Waals surface area contributed by atoms with Crippen LogP contribution in [0.3, 0.4) is 0 Å². The maximum absolute atomic E-state index is 11.6. The Hall–Kier alpha value is -2.49. The Balaban J connectivity index is 2.13. The Morgan fingerprint density at radius 3 is 2.65 bits per heavy atom. The number of fused-ring (bicyclic) bond motifs is 1. The molecule has 0 saturated heterocycles. The van der Waals surface area contributed by atoms with Gasteiger partial charge in [-0.3, -0.25) is 0 Å². The zero-order valence-electron chi connectivity index (χ0n) is 11.2. The quantitative estimate of drug-likeness (QED) is 0.804. The summed E-state index contributed by atoms with van der Waals surface area (Å²) in [7, 11) is 3.15. The van der Waals surface area contributed by atoms with E-state index < -0.39 is 0 Å². The molecule has 0 unspecified atom stereocenters. The van der Waals surface area contributed by atoms with Crippen LogP contribution in [0.5, 0.6) is 11.5 Å². The van der Waals surface area contributed by atoms with Crippen LogP contribution in [-0.2, 0) is 11.3 Å². The highest BCUT2D eigenvalue weighted by atomic mass is 16.5. The number of rotatable bonds is 3. The van der Waals surface area contributed by atoms with Crippen molar-refractivity contribution in [2.24, 2.45) is 0 Å². The molecule has 1 radical (unpaired) electrons. The summed E-state index contributed by atoms with van der Waals surface area (Å²) in [6.45, 7) is 0.298. The van der Waals surface area contributed by atoms with Gasteiger partial charge in [-0.15, -0.1) is 0 Å². The molecule has 20 heavy (non-hydrogen) atoms. The van der Waals surface area contributed by atoms with E-state index in [-0.39, 0.29) is 5.97 Å². The minimum Gasteiger partial charge on any atom is -0.493 e. The van der Waals surface area contributed by atoms with E-state index in [2.05, 4.69) is 6.07 Å². The van der Waals surface area contributed by atoms with Crippen molar-refractivity contribution in [2.45, 2.75) is 6.61 Å². The van der Waals surface area contributed by atoms with Crippen LogP contribution in [0.2, 0.25) is 0 Å². The molecular formula is C16H13O4. The van der Waals surface area contributed by atoms with E-state index >= 15 is 0 Å². The molecule has 0 atom stereocenters. The van der Waals surface area contributed by atoms with Gasteiger partial charge in [-0.05, 0) is 29.3 Å². The van der Waals surface area contributed by atoms with Gasteiger partial charge in [0, 0.05) is 11.6 Å². The number of carbonyl (C=O) groups excluding carboxylic acids is 1. The van der Waals surface area contributed by atoms with Crippen LogP contribution in [0.25, 0.3) is 11.1 Å². The Bertz CT molecular complexity index is 676. The molecule has 0 fully saturated rings. The number of methoxy groups -OCH3 is 2. The van der Waals surface area contributed by atoms with Crippen LogP contribution in [0.15, 0.2) is 30.3 Å². The second kappa shape index (κ2) is 4.89. The average molecular weight is 269 g/mol. The molecular weight excluding hydrogens is 256 g/mol. The molecule has 0 aromatic heterocycles. The van der Waals surface area contributed by atoms with Crippen LogP contribution >= 0.6 is 0 Å². The SMILES string of the molecule is COc1[c]c(-c2cccc3c2COC3=O)ccc1OC. The van der Waals surface area contributed by atoms with Crippen LogP contribution in [0.1, 0.15) is 15.9 Å². The molecule has 1 aliphatic rings. The van der Waals surface area contributed by atoms with Gasteiger partial charge in [-0.25, -0.2) is 4.79 Å². The largest absolute Gasteiger partial charge is 0.493 e. The minimum atomic E-state index is -0.276. The Morgan fingerprint density at radius 1 is 1.10 bits per heavy atom. The first-order chi connectivity index (χ1) is 9.74. The van der Waals surface area contributed by atoms with Crippen molar-refractivity contribution >= 4 is 5.97 Å². The molecule has 4 heteroatoms. The molecule has 0 amide bonds. The van der Waals surface area contributed by atoms with Gasteiger partial charge in [0.15, 0.2) is 11.5 Å². The number of cyclic esters (lactones) is 1. The monoisotopic (exact) mass is 269 g/mol. The third-order valence-electron chi connectivity index (χ3n) is 3.33. The maximum atomic E-state index is 11.6. The van der Waals surface area contributed by atoms with Gasteiger partial charge in [0.05, 0.1) is 19.8 Å². The van der Waals surface area contributed by atoms with Gasteiger partial charge in [0.25, 0.3) is 0 Å². The highest BCUT2D eigenvalue weighted by Gasteiger charge is 2.24. The predicted molar refractivity (Wildman–Crippen MR) is 72.9 cm³/mol. The molecule has 4 nitrogen and oxygen atoms in total. The van der Waals surface area contributed by atoms with Crippen molar-refractivity contribution in [3.05, 3.63) is 47.5 Å². The summed E-state index contributed by atoms with van der Waals surface area (Å²) >= 11 is 0. The summed E-state index contributed by atoms with van der Waals surface area (Å²) in [4.78, 5) is 11.6. The zero-order chi connectivity index (χ0) is 14.1. The second-order valence-electron chi connectivity index (χ2n) is 4.38. The summed E-state index contributed by atoms with van der Waals surface area (Å²) < 4.78 is 15.5. The first kappa shape index (κ1) is 12.5. The Labute approximate surface area is 116 Å². The van der Waals surface area contributed by atoms with Crippen molar-refractivity contribution in [3.8, 4) is 22.6 Å². The molecule has 2 aromatic carbocycles. The van der Waals surface area contributed by atoms with E-state index in [4.69, 9.17) is 14.2 Å². The van der Waals surface area contributed by atoms with E-state index in [1.165, 1.54) is 0 Å². The molecule has 1 heterocycles. The number of ether oxygens (including phenoxy) is 3. The summed E-state index contributed by atoms with van der Waals surface area (Å²) in [5.74, 6) is 0.881. The fourth-order valence-electron chi connectivity index (χ4n) is 2.33. The number of carbonyl (C=O) groups is 1. The van der Waals surface area contributed by atoms with Crippen LogP contribution < -0.4 is 9.47 Å². The number of esters is 1. The lowest BCUT2D eigenvalue weighted by Crippen LogP contribution is -1.95. The molecule has 0 bridgehead atoms. The van der Waals surface area contributed by atoms with E-state index in [9.17, 15) is 4.79 Å². The second-order valence-corrected chi connectivity index (χ2v) is 4.38. The molecule has 1 aliphatic heterocycles. The van der Waals surface area contributed by atoms with E-state index in [0.29, 0.717) is 23.7 Å². The summed E-state index contributed by atoms with van der Waals surface area (Å²) in [5.41, 5.74) is 3.28. The summed E-state index contributed by atoms with van der Waals surface area (Å²) in [5, 5.41) is 0. The maximum Gasteiger partial charge on any atom is 0.338 e. The lowest BCUT2D eigenvalue weighted by atomic mass is 9.97. The van der Waals surface area contributed by atoms with Crippen molar-refractivity contribution in [2.75, 3.05) is 14.2 Å². The molecule has 0 aliphatic carbocycles. The summed E-state index contributed by atoms with van der Waals surface area (Å²) in [6, 6.07) is 12.4. The highest BCUT2D eigenvalue weighted by molar-refractivity contribution is 5.96. The van der Waals surface area contributed by atoms with Crippen LogP contribution in [-0.4, -0.2) is 20.2 Å². The standard InChI is InChI=1S/C16H13O4/c1-18-14-7-6-10(8-15(14)19-2)11-4-3-5-12-13(11)9-20-16(12)17/h3-7H,9H2,1-2H3. The molecule has 2 aromatic rings. The number of hydrogen-bond donors (Lipinski definition) is 0. The normalized spacial score (nSPS) is 12.8. The summed E-state index contributed by atoms with van der Waals surface area (Å²) in [6.07, 6.45) is 0. The van der Waals surface area contributed by atoms with Gasteiger partial charge in [-0.1, -0.05) is 12.1 Å². The Kier molecular flexibility index (Phi) is 3.06. The highest BCUT2D eigenvalue weighted by Crippen LogP contribution is 2.35. The Morgan fingerprint density at radius 2 is 1.90 bits per heavy atom. The van der Waals surface area contributed by atoms with E-state index in [1.807, 2.05) is 24.3 Å². The van der Waals surface area contributed by atoms with Crippen LogP contribution in [0, 0.1) is 6.07 Å². The zero-order valence-corrected chi connectivity index (χ0v) is 11.2. The van der Waals surface area contributed by atoms with Crippen molar-refractivity contribution in [3.63, 3.8) is 0 Å².